The number of nitrogens with zero attached hydrogens (tertiary/aromatic N) is 2. The van der Waals surface area contributed by atoms with Crippen molar-refractivity contribution in [2.24, 2.45) is 0 Å². The van der Waals surface area contributed by atoms with Crippen molar-refractivity contribution in [3.63, 3.8) is 0 Å². The van der Waals surface area contributed by atoms with Crippen molar-refractivity contribution < 1.29 is 13.2 Å². The van der Waals surface area contributed by atoms with Crippen LogP contribution in [-0.2, 0) is 10.0 Å². The van der Waals surface area contributed by atoms with E-state index in [4.69, 9.17) is 4.74 Å². The third-order valence-corrected chi connectivity index (χ3v) is 6.52. The van der Waals surface area contributed by atoms with Crippen LogP contribution in [0.4, 0.5) is 5.69 Å². The number of imidazole rings is 1. The number of hydrogen-bond donors (Lipinski definition) is 2. The number of methoxy groups -OCH3 is 1. The number of aromatic amines is 1. The van der Waals surface area contributed by atoms with E-state index in [0.717, 1.165) is 27.9 Å². The molecule has 0 saturated carbocycles. The first kappa shape index (κ1) is 16.6. The monoisotopic (exact) mass is 386 g/mol. The maximum absolute atomic E-state index is 12.5. The number of benzene rings is 1. The molecule has 0 amide bonds. The second-order valence-corrected chi connectivity index (χ2v) is 8.29. The molecule has 0 atom stereocenters. The Kier molecular flexibility index (Phi) is 4.09. The van der Waals surface area contributed by atoms with Gasteiger partial charge in [-0.2, -0.15) is 0 Å². The Bertz CT molecular complexity index is 1130. The zero-order chi connectivity index (χ0) is 18.1. The Balaban J connectivity index is 1.76. The Hall–Kier alpha value is -2.91. The summed E-state index contributed by atoms with van der Waals surface area (Å²) in [6.45, 7) is 0. The van der Waals surface area contributed by atoms with E-state index in [9.17, 15) is 8.42 Å². The molecule has 0 fully saturated rings. The lowest BCUT2D eigenvalue weighted by Crippen LogP contribution is -2.12. The Labute approximate surface area is 153 Å². The number of pyridine rings is 1. The lowest BCUT2D eigenvalue weighted by atomic mass is 10.2. The molecule has 3 aromatic heterocycles. The Morgan fingerprint density at radius 3 is 2.85 bits per heavy atom. The molecule has 4 aromatic rings. The van der Waals surface area contributed by atoms with Gasteiger partial charge in [0.2, 0.25) is 0 Å². The molecule has 0 radical (unpaired) electrons. The van der Waals surface area contributed by atoms with E-state index in [1.807, 2.05) is 6.07 Å². The smallest absolute Gasteiger partial charge is 0.271 e. The summed E-state index contributed by atoms with van der Waals surface area (Å²) >= 11 is 1.15. The van der Waals surface area contributed by atoms with E-state index >= 15 is 0 Å². The Morgan fingerprint density at radius 2 is 2.12 bits per heavy atom. The van der Waals surface area contributed by atoms with Crippen LogP contribution in [0.15, 0.2) is 58.4 Å². The molecule has 0 aliphatic heterocycles. The summed E-state index contributed by atoms with van der Waals surface area (Å²) in [5.41, 5.74) is 2.66. The minimum Gasteiger partial charge on any atom is -0.495 e. The van der Waals surface area contributed by atoms with Crippen molar-refractivity contribution in [1.82, 2.24) is 15.0 Å². The highest BCUT2D eigenvalue weighted by molar-refractivity contribution is 7.94. The van der Waals surface area contributed by atoms with E-state index < -0.39 is 10.0 Å². The number of sulfonamides is 1. The molecule has 1 aromatic carbocycles. The molecule has 4 rings (SSSR count). The number of nitrogens with one attached hydrogen (secondary N) is 2. The molecular formula is C17H14N4O3S2. The van der Waals surface area contributed by atoms with E-state index in [1.54, 1.807) is 48.1 Å². The van der Waals surface area contributed by atoms with Gasteiger partial charge >= 0.3 is 0 Å². The lowest BCUT2D eigenvalue weighted by Gasteiger charge is -2.12. The predicted molar refractivity (Wildman–Crippen MR) is 101 cm³/mol. The second kappa shape index (κ2) is 6.43. The average Bonchev–Trinajstić information content (AvgIpc) is 3.31. The van der Waals surface area contributed by atoms with Crippen molar-refractivity contribution in [2.45, 2.75) is 4.21 Å². The minimum atomic E-state index is -3.68. The SMILES string of the molecule is COc1ccc(-c2nc3ccncc3[nH]2)cc1NS(=O)(=O)c1cccs1. The first-order chi connectivity index (χ1) is 12.6. The molecular weight excluding hydrogens is 372 g/mol. The standard InChI is InChI=1S/C17H14N4O3S2/c1-24-15-5-4-11(17-19-12-6-7-18-10-14(12)20-17)9-13(15)21-26(22,23)16-3-2-8-25-16/h2-10,21H,1H3,(H,19,20). The van der Waals surface area contributed by atoms with Crippen LogP contribution in [0.1, 0.15) is 0 Å². The largest absolute Gasteiger partial charge is 0.495 e. The van der Waals surface area contributed by atoms with Gasteiger partial charge < -0.3 is 9.72 Å². The summed E-state index contributed by atoms with van der Waals surface area (Å²) in [4.78, 5) is 11.8. The van der Waals surface area contributed by atoms with Crippen LogP contribution in [0.5, 0.6) is 5.75 Å². The van der Waals surface area contributed by atoms with Gasteiger partial charge in [0, 0.05) is 11.8 Å². The summed E-state index contributed by atoms with van der Waals surface area (Å²) in [5, 5.41) is 1.71. The second-order valence-electron chi connectivity index (χ2n) is 5.43. The number of H-pyrrole nitrogens is 1. The highest BCUT2D eigenvalue weighted by Gasteiger charge is 2.18. The van der Waals surface area contributed by atoms with Crippen molar-refractivity contribution >= 4 is 38.1 Å². The molecule has 9 heteroatoms. The minimum absolute atomic E-state index is 0.236. The molecule has 0 spiro atoms. The van der Waals surface area contributed by atoms with E-state index in [2.05, 4.69) is 19.7 Å². The maximum Gasteiger partial charge on any atom is 0.271 e. The lowest BCUT2D eigenvalue weighted by molar-refractivity contribution is 0.417. The van der Waals surface area contributed by atoms with Gasteiger partial charge in [0.25, 0.3) is 10.0 Å². The molecule has 7 nitrogen and oxygen atoms in total. The molecule has 132 valence electrons. The molecule has 26 heavy (non-hydrogen) atoms. The predicted octanol–water partition coefficient (Wildman–Crippen LogP) is 3.50. The molecule has 0 aliphatic rings. The zero-order valence-electron chi connectivity index (χ0n) is 13.6. The highest BCUT2D eigenvalue weighted by atomic mass is 32.2. The van der Waals surface area contributed by atoms with Gasteiger partial charge in [-0.1, -0.05) is 6.07 Å². The van der Waals surface area contributed by atoms with Crippen LogP contribution in [0, 0.1) is 0 Å². The molecule has 0 aliphatic carbocycles. The highest BCUT2D eigenvalue weighted by Crippen LogP contribution is 2.32. The van der Waals surface area contributed by atoms with Crippen LogP contribution in [-0.4, -0.2) is 30.5 Å². The van der Waals surface area contributed by atoms with Gasteiger partial charge in [-0.15, -0.1) is 11.3 Å². The van der Waals surface area contributed by atoms with Gasteiger partial charge in [-0.05, 0) is 35.7 Å². The molecule has 2 N–H and O–H groups in total. The van der Waals surface area contributed by atoms with Crippen LogP contribution in [0.3, 0.4) is 0 Å². The van der Waals surface area contributed by atoms with Crippen LogP contribution >= 0.6 is 11.3 Å². The van der Waals surface area contributed by atoms with Gasteiger partial charge in [0.05, 0.1) is 30.0 Å². The van der Waals surface area contributed by atoms with Crippen molar-refractivity contribution in [3.05, 3.63) is 54.2 Å². The van der Waals surface area contributed by atoms with E-state index in [1.165, 1.54) is 7.11 Å². The third kappa shape index (κ3) is 3.02. The Morgan fingerprint density at radius 1 is 1.23 bits per heavy atom. The number of ether oxygens (including phenoxy) is 1. The fraction of sp³-hybridized carbons (Fsp3) is 0.0588. The van der Waals surface area contributed by atoms with Crippen LogP contribution < -0.4 is 9.46 Å². The summed E-state index contributed by atoms with van der Waals surface area (Å²) in [6.07, 6.45) is 3.36. The van der Waals surface area contributed by atoms with Crippen LogP contribution in [0.25, 0.3) is 22.4 Å². The van der Waals surface area contributed by atoms with Crippen molar-refractivity contribution in [2.75, 3.05) is 11.8 Å². The molecule has 0 saturated heterocycles. The number of rotatable bonds is 5. The topological polar surface area (TPSA) is 97.0 Å². The molecule has 0 unspecified atom stereocenters. The molecule has 3 heterocycles. The van der Waals surface area contributed by atoms with Crippen molar-refractivity contribution in [1.29, 1.82) is 0 Å². The molecule has 0 bridgehead atoms. The van der Waals surface area contributed by atoms with E-state index in [0.29, 0.717) is 17.3 Å². The normalized spacial score (nSPS) is 11.6. The first-order valence-electron chi connectivity index (χ1n) is 7.61. The number of hydrogen-bond acceptors (Lipinski definition) is 6. The van der Waals surface area contributed by atoms with E-state index in [-0.39, 0.29) is 4.21 Å². The quantitative estimate of drug-likeness (QED) is 0.547. The first-order valence-corrected chi connectivity index (χ1v) is 9.97. The maximum atomic E-state index is 12.5. The fourth-order valence-corrected chi connectivity index (χ4v) is 4.59. The van der Waals surface area contributed by atoms with Gasteiger partial charge in [0.15, 0.2) is 0 Å². The number of thiophene rings is 1. The van der Waals surface area contributed by atoms with Gasteiger partial charge in [-0.25, -0.2) is 13.4 Å². The van der Waals surface area contributed by atoms with Gasteiger partial charge in [-0.3, -0.25) is 9.71 Å². The average molecular weight is 386 g/mol. The summed E-state index contributed by atoms with van der Waals surface area (Å²) in [5.74, 6) is 1.04. The number of anilines is 1. The summed E-state index contributed by atoms with van der Waals surface area (Å²) in [6, 6.07) is 10.2. The number of aromatic nitrogens is 3. The van der Waals surface area contributed by atoms with Crippen LogP contribution in [0.2, 0.25) is 0 Å². The summed E-state index contributed by atoms with van der Waals surface area (Å²) < 4.78 is 33.2. The fourth-order valence-electron chi connectivity index (χ4n) is 2.54. The third-order valence-electron chi connectivity index (χ3n) is 3.76. The van der Waals surface area contributed by atoms with Crippen molar-refractivity contribution in [3.8, 4) is 17.1 Å². The van der Waals surface area contributed by atoms with Gasteiger partial charge in [0.1, 0.15) is 15.8 Å². The summed E-state index contributed by atoms with van der Waals surface area (Å²) in [7, 11) is -2.19. The zero-order valence-corrected chi connectivity index (χ0v) is 15.3. The number of fused-ring (bicyclic) bond motifs is 1.